The molecule has 3 aromatic rings. The number of fused-ring (bicyclic) bond motifs is 1. The Morgan fingerprint density at radius 2 is 1.91 bits per heavy atom. The van der Waals surface area contributed by atoms with E-state index < -0.39 is 17.5 Å². The van der Waals surface area contributed by atoms with E-state index in [4.69, 9.17) is 4.98 Å². The summed E-state index contributed by atoms with van der Waals surface area (Å²) in [5.74, 6) is -0.384. The molecule has 1 aromatic heterocycles. The second-order valence-electron chi connectivity index (χ2n) is 10.9. The number of urea groups is 1. The highest BCUT2D eigenvalue weighted by Gasteiger charge is 2.56. The van der Waals surface area contributed by atoms with Gasteiger partial charge in [-0.15, -0.1) is 11.3 Å². The van der Waals surface area contributed by atoms with Crippen LogP contribution in [0.4, 0.5) is 10.5 Å². The van der Waals surface area contributed by atoms with Crippen LogP contribution in [0.15, 0.2) is 42.5 Å². The molecule has 7 nitrogen and oxygen atoms in total. The number of carbonyl (C=O) groups excluding carboxylic acids is 3. The number of thiazole rings is 1. The average molecular weight is 491 g/mol. The zero-order valence-electron chi connectivity index (χ0n) is 20.5. The fourth-order valence-corrected chi connectivity index (χ4v) is 6.91. The van der Waals surface area contributed by atoms with E-state index in [9.17, 15) is 14.4 Å². The number of nitrogens with zero attached hydrogens (tertiary/aromatic N) is 2. The molecule has 5 rings (SSSR count). The number of carbonyl (C=O) groups is 3. The van der Waals surface area contributed by atoms with Crippen LogP contribution in [0.3, 0.4) is 0 Å². The summed E-state index contributed by atoms with van der Waals surface area (Å²) in [5.41, 5.74) is 2.77. The van der Waals surface area contributed by atoms with Crippen molar-refractivity contribution in [1.29, 1.82) is 0 Å². The van der Waals surface area contributed by atoms with Gasteiger partial charge in [0.1, 0.15) is 17.1 Å². The van der Waals surface area contributed by atoms with Crippen molar-refractivity contribution in [1.82, 2.24) is 15.2 Å². The number of aryl methyl sites for hydroxylation is 1. The third-order valence-corrected chi connectivity index (χ3v) is 7.95. The maximum absolute atomic E-state index is 13.3. The van der Waals surface area contributed by atoms with Crippen LogP contribution >= 0.6 is 11.3 Å². The molecule has 8 heteroatoms. The Bertz CT molecular complexity index is 1330. The Morgan fingerprint density at radius 3 is 2.63 bits per heavy atom. The highest BCUT2D eigenvalue weighted by Crippen LogP contribution is 2.46. The molecule has 0 unspecified atom stereocenters. The third-order valence-electron chi connectivity index (χ3n) is 6.89. The van der Waals surface area contributed by atoms with Gasteiger partial charge in [-0.2, -0.15) is 0 Å². The van der Waals surface area contributed by atoms with Gasteiger partial charge in [-0.25, -0.2) is 9.78 Å². The van der Waals surface area contributed by atoms with Crippen molar-refractivity contribution in [2.24, 2.45) is 11.3 Å². The number of aromatic nitrogens is 1. The summed E-state index contributed by atoms with van der Waals surface area (Å²) in [7, 11) is 0. The van der Waals surface area contributed by atoms with E-state index in [1.165, 1.54) is 5.56 Å². The molecule has 1 aliphatic heterocycles. The van der Waals surface area contributed by atoms with Crippen molar-refractivity contribution < 1.29 is 14.4 Å². The second-order valence-corrected chi connectivity index (χ2v) is 11.9. The van der Waals surface area contributed by atoms with Crippen molar-refractivity contribution in [3.8, 4) is 10.6 Å². The molecule has 1 saturated carbocycles. The molecule has 182 valence electrons. The molecule has 1 saturated heterocycles. The number of nitrogens with one attached hydrogen (secondary N) is 2. The fourth-order valence-electron chi connectivity index (χ4n) is 5.85. The van der Waals surface area contributed by atoms with E-state index in [0.29, 0.717) is 24.4 Å². The lowest BCUT2D eigenvalue weighted by Crippen LogP contribution is -2.54. The van der Waals surface area contributed by atoms with Crippen molar-refractivity contribution in [2.75, 3.05) is 11.9 Å². The summed E-state index contributed by atoms with van der Waals surface area (Å²) < 4.78 is 1.14. The Labute approximate surface area is 208 Å². The first-order valence-electron chi connectivity index (χ1n) is 12.0. The minimum atomic E-state index is -0.907. The summed E-state index contributed by atoms with van der Waals surface area (Å²) >= 11 is 1.63. The molecule has 1 spiro atoms. The van der Waals surface area contributed by atoms with Crippen LogP contribution in [-0.4, -0.2) is 39.8 Å². The van der Waals surface area contributed by atoms with Crippen LogP contribution in [0, 0.1) is 18.3 Å². The van der Waals surface area contributed by atoms with Gasteiger partial charge in [-0.1, -0.05) is 26.8 Å². The smallest absolute Gasteiger partial charge is 0.325 e. The number of rotatable bonds is 4. The molecule has 2 aromatic carbocycles. The van der Waals surface area contributed by atoms with E-state index in [-0.39, 0.29) is 17.9 Å². The highest BCUT2D eigenvalue weighted by atomic mass is 32.1. The topological polar surface area (TPSA) is 91.4 Å². The number of benzene rings is 2. The van der Waals surface area contributed by atoms with Crippen LogP contribution < -0.4 is 10.6 Å². The lowest BCUT2D eigenvalue weighted by molar-refractivity contribution is -0.136. The molecule has 0 bridgehead atoms. The van der Waals surface area contributed by atoms with E-state index in [0.717, 1.165) is 32.1 Å². The average Bonchev–Trinajstić information content (AvgIpc) is 3.27. The molecule has 2 aliphatic rings. The molecule has 0 radical (unpaired) electrons. The monoisotopic (exact) mass is 490 g/mol. The van der Waals surface area contributed by atoms with E-state index in [1.807, 2.05) is 36.4 Å². The van der Waals surface area contributed by atoms with Gasteiger partial charge >= 0.3 is 6.03 Å². The van der Waals surface area contributed by atoms with Crippen LogP contribution in [0.1, 0.15) is 45.6 Å². The number of amides is 4. The summed E-state index contributed by atoms with van der Waals surface area (Å²) in [5, 5.41) is 6.64. The van der Waals surface area contributed by atoms with Gasteiger partial charge in [0.15, 0.2) is 0 Å². The molecule has 4 amide bonds. The minimum absolute atomic E-state index is 0.0529. The maximum Gasteiger partial charge on any atom is 0.325 e. The summed E-state index contributed by atoms with van der Waals surface area (Å²) in [6.07, 6.45) is 2.19. The Hall–Kier alpha value is -3.26. The molecular formula is C27H30N4O3S. The van der Waals surface area contributed by atoms with Crippen molar-refractivity contribution in [3.63, 3.8) is 0 Å². The number of hydrogen-bond acceptors (Lipinski definition) is 5. The van der Waals surface area contributed by atoms with Crippen LogP contribution in [0.5, 0.6) is 0 Å². The number of imide groups is 1. The van der Waals surface area contributed by atoms with Crippen LogP contribution in [0.25, 0.3) is 20.8 Å². The van der Waals surface area contributed by atoms with Crippen molar-refractivity contribution >= 4 is 45.1 Å². The number of hydrogen-bond donors (Lipinski definition) is 2. The molecule has 2 fully saturated rings. The molecule has 1 aliphatic carbocycles. The first-order chi connectivity index (χ1) is 16.5. The lowest BCUT2D eigenvalue weighted by atomic mass is 9.64. The Kier molecular flexibility index (Phi) is 5.67. The predicted octanol–water partition coefficient (Wildman–Crippen LogP) is 5.35. The van der Waals surface area contributed by atoms with Crippen LogP contribution in [0.2, 0.25) is 0 Å². The minimum Gasteiger partial charge on any atom is -0.325 e. The van der Waals surface area contributed by atoms with Gasteiger partial charge in [0.2, 0.25) is 5.91 Å². The fraction of sp³-hybridized carbons (Fsp3) is 0.407. The molecule has 35 heavy (non-hydrogen) atoms. The largest absolute Gasteiger partial charge is 0.325 e. The normalized spacial score (nSPS) is 23.7. The van der Waals surface area contributed by atoms with Crippen molar-refractivity contribution in [2.45, 2.75) is 52.5 Å². The van der Waals surface area contributed by atoms with Gasteiger partial charge in [-0.3, -0.25) is 14.5 Å². The third kappa shape index (κ3) is 4.55. The highest BCUT2D eigenvalue weighted by molar-refractivity contribution is 7.21. The zero-order valence-corrected chi connectivity index (χ0v) is 21.3. The van der Waals surface area contributed by atoms with Gasteiger partial charge in [0.05, 0.1) is 10.2 Å². The van der Waals surface area contributed by atoms with Crippen LogP contribution in [-0.2, 0) is 9.59 Å². The summed E-state index contributed by atoms with van der Waals surface area (Å²) in [6, 6.07) is 13.1. The van der Waals surface area contributed by atoms with Gasteiger partial charge in [-0.05, 0) is 79.5 Å². The van der Waals surface area contributed by atoms with Gasteiger partial charge in [0.25, 0.3) is 5.91 Å². The summed E-state index contributed by atoms with van der Waals surface area (Å²) in [4.78, 5) is 44.4. The van der Waals surface area contributed by atoms with E-state index in [2.05, 4.69) is 44.4 Å². The standard InChI is InChI=1S/C27H30N4O3S/c1-16-5-10-20-21(11-16)35-23(29-20)18-6-8-19(9-7-18)28-22(32)14-31-24(33)27(30-25(31)34)13-17(2)12-26(3,4)15-27/h5-11,17H,12-15H2,1-4H3,(H,28,32)(H,30,34)/t17-,27-/m0/s1. The maximum atomic E-state index is 13.3. The Morgan fingerprint density at radius 1 is 1.17 bits per heavy atom. The molecule has 2 atom stereocenters. The van der Waals surface area contributed by atoms with Gasteiger partial charge in [0, 0.05) is 11.3 Å². The van der Waals surface area contributed by atoms with Crippen molar-refractivity contribution in [3.05, 3.63) is 48.0 Å². The molecule has 2 N–H and O–H groups in total. The first kappa shape index (κ1) is 23.5. The SMILES string of the molecule is Cc1ccc2nc(-c3ccc(NC(=O)CN4C(=O)N[C@]5(C[C@@H](C)CC(C)(C)C5)C4=O)cc3)sc2c1. The van der Waals surface area contributed by atoms with Gasteiger partial charge < -0.3 is 10.6 Å². The summed E-state index contributed by atoms with van der Waals surface area (Å²) in [6.45, 7) is 8.11. The second kappa shape index (κ2) is 8.45. The molecule has 2 heterocycles. The first-order valence-corrected chi connectivity index (χ1v) is 12.8. The molecular weight excluding hydrogens is 460 g/mol. The van der Waals surface area contributed by atoms with E-state index in [1.54, 1.807) is 11.3 Å². The Balaban J connectivity index is 1.25. The zero-order chi connectivity index (χ0) is 25.0. The van der Waals surface area contributed by atoms with E-state index >= 15 is 0 Å². The predicted molar refractivity (Wildman–Crippen MR) is 138 cm³/mol. The lowest BCUT2D eigenvalue weighted by Gasteiger charge is -2.43. The number of anilines is 1. The quantitative estimate of drug-likeness (QED) is 0.483.